The highest BCUT2D eigenvalue weighted by molar-refractivity contribution is 5.78. The SMILES string of the molecule is CN1[C@H]2CC[C@@H]1[C@H](CC(=O)N1CCc3ccccc3[C@@H]1c1ccc(F)cc1)C2. The van der Waals surface area contributed by atoms with Crippen LogP contribution >= 0.6 is 0 Å². The van der Waals surface area contributed by atoms with Gasteiger partial charge in [-0.3, -0.25) is 4.79 Å². The molecule has 5 rings (SSSR count). The van der Waals surface area contributed by atoms with Crippen molar-refractivity contribution in [3.63, 3.8) is 0 Å². The second-order valence-electron chi connectivity index (χ2n) is 8.65. The molecule has 28 heavy (non-hydrogen) atoms. The molecule has 0 aromatic heterocycles. The van der Waals surface area contributed by atoms with Crippen LogP contribution in [-0.4, -0.2) is 41.4 Å². The van der Waals surface area contributed by atoms with E-state index in [2.05, 4.69) is 30.1 Å². The third-order valence-electron chi connectivity index (χ3n) is 7.24. The molecular weight excluding hydrogens is 351 g/mol. The fourth-order valence-electron chi connectivity index (χ4n) is 5.80. The molecule has 2 fully saturated rings. The number of hydrogen-bond acceptors (Lipinski definition) is 2. The molecule has 2 aromatic carbocycles. The Balaban J connectivity index is 1.44. The molecule has 1 amide bonds. The van der Waals surface area contributed by atoms with E-state index in [1.165, 1.54) is 36.1 Å². The Labute approximate surface area is 166 Å². The van der Waals surface area contributed by atoms with Gasteiger partial charge in [-0.15, -0.1) is 0 Å². The molecule has 2 aromatic rings. The maximum Gasteiger partial charge on any atom is 0.223 e. The summed E-state index contributed by atoms with van der Waals surface area (Å²) in [5, 5.41) is 0. The van der Waals surface area contributed by atoms with Crippen LogP contribution < -0.4 is 0 Å². The number of rotatable bonds is 3. The van der Waals surface area contributed by atoms with E-state index < -0.39 is 0 Å². The van der Waals surface area contributed by atoms with Crippen LogP contribution in [0.25, 0.3) is 0 Å². The lowest BCUT2D eigenvalue weighted by Crippen LogP contribution is -2.42. The highest BCUT2D eigenvalue weighted by Gasteiger charge is 2.45. The average molecular weight is 378 g/mol. The molecule has 146 valence electrons. The van der Waals surface area contributed by atoms with Gasteiger partial charge in [-0.2, -0.15) is 0 Å². The molecule has 0 spiro atoms. The van der Waals surface area contributed by atoms with Gasteiger partial charge in [-0.25, -0.2) is 4.39 Å². The standard InChI is InChI=1S/C24H27FN2O/c1-26-20-10-11-22(26)18(14-20)15-23(28)27-13-12-16-4-2-3-5-21(16)24(27)17-6-8-19(25)9-7-17/h2-9,18,20,22,24H,10-15H2,1H3/t18-,20-,22+,24-/m0/s1. The lowest BCUT2D eigenvalue weighted by molar-refractivity contribution is -0.134. The van der Waals surface area contributed by atoms with Crippen LogP contribution in [0.1, 0.15) is 48.4 Å². The predicted molar refractivity (Wildman–Crippen MR) is 107 cm³/mol. The van der Waals surface area contributed by atoms with Gasteiger partial charge in [0.15, 0.2) is 0 Å². The van der Waals surface area contributed by atoms with Gasteiger partial charge >= 0.3 is 0 Å². The Morgan fingerprint density at radius 3 is 2.61 bits per heavy atom. The number of hydrogen-bond donors (Lipinski definition) is 0. The van der Waals surface area contributed by atoms with Gasteiger partial charge in [-0.1, -0.05) is 36.4 Å². The number of amides is 1. The minimum Gasteiger partial charge on any atom is -0.331 e. The third kappa shape index (κ3) is 2.95. The van der Waals surface area contributed by atoms with Crippen molar-refractivity contribution in [1.82, 2.24) is 9.80 Å². The molecule has 0 aliphatic carbocycles. The molecular formula is C24H27FN2O. The van der Waals surface area contributed by atoms with Crippen molar-refractivity contribution >= 4 is 5.91 Å². The first-order valence-electron chi connectivity index (χ1n) is 10.5. The zero-order chi connectivity index (χ0) is 19.3. The molecule has 3 heterocycles. The first kappa shape index (κ1) is 17.9. The van der Waals surface area contributed by atoms with Crippen molar-refractivity contribution < 1.29 is 9.18 Å². The maximum atomic E-state index is 13.5. The number of halogens is 1. The molecule has 3 aliphatic heterocycles. The number of fused-ring (bicyclic) bond motifs is 3. The van der Waals surface area contributed by atoms with Crippen LogP contribution in [0.5, 0.6) is 0 Å². The van der Waals surface area contributed by atoms with Crippen molar-refractivity contribution in [2.24, 2.45) is 5.92 Å². The smallest absolute Gasteiger partial charge is 0.223 e. The van der Waals surface area contributed by atoms with Gasteiger partial charge < -0.3 is 9.80 Å². The Kier molecular flexibility index (Phi) is 4.47. The number of carbonyl (C=O) groups is 1. The summed E-state index contributed by atoms with van der Waals surface area (Å²) < 4.78 is 13.5. The van der Waals surface area contributed by atoms with Gasteiger partial charge in [0.1, 0.15) is 5.82 Å². The first-order chi connectivity index (χ1) is 13.6. The summed E-state index contributed by atoms with van der Waals surface area (Å²) in [6.07, 6.45) is 5.17. The lowest BCUT2D eigenvalue weighted by atomic mass is 9.84. The topological polar surface area (TPSA) is 23.6 Å². The second-order valence-corrected chi connectivity index (χ2v) is 8.65. The molecule has 2 saturated heterocycles. The van der Waals surface area contributed by atoms with Crippen LogP contribution in [0.15, 0.2) is 48.5 Å². The van der Waals surface area contributed by atoms with Crippen molar-refractivity contribution in [1.29, 1.82) is 0 Å². The summed E-state index contributed by atoms with van der Waals surface area (Å²) in [5.74, 6) is 0.479. The summed E-state index contributed by atoms with van der Waals surface area (Å²) in [7, 11) is 2.21. The van der Waals surface area contributed by atoms with Crippen molar-refractivity contribution in [3.05, 3.63) is 71.0 Å². The summed E-state index contributed by atoms with van der Waals surface area (Å²) in [6.45, 7) is 0.731. The van der Waals surface area contributed by atoms with E-state index in [4.69, 9.17) is 0 Å². The molecule has 4 heteroatoms. The van der Waals surface area contributed by atoms with Gasteiger partial charge in [-0.05, 0) is 67.5 Å². The van der Waals surface area contributed by atoms with Crippen LogP contribution in [0.2, 0.25) is 0 Å². The summed E-state index contributed by atoms with van der Waals surface area (Å²) >= 11 is 0. The zero-order valence-electron chi connectivity index (χ0n) is 16.4. The van der Waals surface area contributed by atoms with Gasteiger partial charge in [0.05, 0.1) is 6.04 Å². The first-order valence-corrected chi connectivity index (χ1v) is 10.5. The van der Waals surface area contributed by atoms with Crippen LogP contribution in [0.4, 0.5) is 4.39 Å². The lowest BCUT2D eigenvalue weighted by Gasteiger charge is -2.38. The van der Waals surface area contributed by atoms with E-state index >= 15 is 0 Å². The van der Waals surface area contributed by atoms with Crippen molar-refractivity contribution in [2.75, 3.05) is 13.6 Å². The molecule has 0 N–H and O–H groups in total. The third-order valence-corrected chi connectivity index (χ3v) is 7.24. The van der Waals surface area contributed by atoms with E-state index in [0.29, 0.717) is 24.4 Å². The minimum absolute atomic E-state index is 0.116. The highest BCUT2D eigenvalue weighted by atomic mass is 19.1. The average Bonchev–Trinajstić information content (AvgIpc) is 3.21. The quantitative estimate of drug-likeness (QED) is 0.800. The number of nitrogens with zero attached hydrogens (tertiary/aromatic N) is 2. The molecule has 4 atom stereocenters. The minimum atomic E-state index is -0.240. The summed E-state index contributed by atoms with van der Waals surface area (Å²) in [6, 6.07) is 16.1. The molecule has 2 bridgehead atoms. The Morgan fingerprint density at radius 2 is 1.89 bits per heavy atom. The molecule has 0 radical (unpaired) electrons. The zero-order valence-corrected chi connectivity index (χ0v) is 16.4. The molecule has 0 saturated carbocycles. The van der Waals surface area contributed by atoms with Gasteiger partial charge in [0.2, 0.25) is 5.91 Å². The molecule has 0 unspecified atom stereocenters. The largest absolute Gasteiger partial charge is 0.331 e. The van der Waals surface area contributed by atoms with Gasteiger partial charge in [0.25, 0.3) is 0 Å². The Morgan fingerprint density at radius 1 is 1.11 bits per heavy atom. The van der Waals surface area contributed by atoms with Crippen molar-refractivity contribution in [3.8, 4) is 0 Å². The van der Waals surface area contributed by atoms with Crippen LogP contribution in [0.3, 0.4) is 0 Å². The van der Waals surface area contributed by atoms with E-state index in [-0.39, 0.29) is 17.8 Å². The number of benzene rings is 2. The highest BCUT2D eigenvalue weighted by Crippen LogP contribution is 2.43. The summed E-state index contributed by atoms with van der Waals surface area (Å²) in [4.78, 5) is 18.0. The van der Waals surface area contributed by atoms with Crippen LogP contribution in [0, 0.1) is 11.7 Å². The fourth-order valence-corrected chi connectivity index (χ4v) is 5.80. The summed E-state index contributed by atoms with van der Waals surface area (Å²) in [5.41, 5.74) is 3.46. The Bertz CT molecular complexity index is 880. The van der Waals surface area contributed by atoms with E-state index in [1.807, 2.05) is 23.1 Å². The normalized spacial score (nSPS) is 29.1. The number of carbonyl (C=O) groups excluding carboxylic acids is 1. The van der Waals surface area contributed by atoms with Crippen LogP contribution in [-0.2, 0) is 11.2 Å². The van der Waals surface area contributed by atoms with E-state index in [9.17, 15) is 9.18 Å². The van der Waals surface area contributed by atoms with E-state index in [0.717, 1.165) is 24.9 Å². The Hall–Kier alpha value is -2.20. The van der Waals surface area contributed by atoms with E-state index in [1.54, 1.807) is 0 Å². The molecule has 3 aliphatic rings. The predicted octanol–water partition coefficient (Wildman–Crippen LogP) is 4.17. The fraction of sp³-hybridized carbons (Fsp3) is 0.458. The monoisotopic (exact) mass is 378 g/mol. The van der Waals surface area contributed by atoms with Crippen molar-refractivity contribution in [2.45, 2.75) is 50.2 Å². The maximum absolute atomic E-state index is 13.5. The molecule has 3 nitrogen and oxygen atoms in total. The van der Waals surface area contributed by atoms with Gasteiger partial charge in [0, 0.05) is 25.0 Å². The second kappa shape index (κ2) is 7.00.